The van der Waals surface area contributed by atoms with E-state index in [4.69, 9.17) is 16.3 Å². The average Bonchev–Trinajstić information content (AvgIpc) is 2.90. The minimum absolute atomic E-state index is 0.245. The summed E-state index contributed by atoms with van der Waals surface area (Å²) in [5.41, 5.74) is 4.63. The van der Waals surface area contributed by atoms with Crippen LogP contribution in [0.2, 0.25) is 5.15 Å². The molecule has 0 fully saturated rings. The number of nitrogens with zero attached hydrogens (tertiary/aromatic N) is 5. The molecule has 0 spiro atoms. The lowest BCUT2D eigenvalue weighted by atomic mass is 10.2. The van der Waals surface area contributed by atoms with Crippen molar-refractivity contribution in [3.63, 3.8) is 0 Å². The first-order chi connectivity index (χ1) is 10.2. The number of hydrazone groups is 1. The lowest BCUT2D eigenvalue weighted by Crippen LogP contribution is -2.32. The molecule has 2 aromatic rings. The molecular weight excluding hydrogens is 292 g/mol. The van der Waals surface area contributed by atoms with Crippen LogP contribution in [0.1, 0.15) is 18.8 Å². The lowest BCUT2D eigenvalue weighted by molar-refractivity contribution is 0.398. The Morgan fingerprint density at radius 3 is 2.67 bits per heavy atom. The molecule has 21 heavy (non-hydrogen) atoms. The summed E-state index contributed by atoms with van der Waals surface area (Å²) in [5, 5.41) is 4.60. The zero-order valence-corrected chi connectivity index (χ0v) is 12.2. The summed E-state index contributed by atoms with van der Waals surface area (Å²) in [7, 11) is 1.58. The molecule has 3 heterocycles. The molecule has 0 radical (unpaired) electrons. The Labute approximate surface area is 126 Å². The largest absolute Gasteiger partial charge is 0.481 e. The second-order valence-electron chi connectivity index (χ2n) is 4.38. The number of amidine groups is 1. The SMILES string of the molecule is COc1ccc(N2C(C)=NNC2c2cnc(Cl)cn2)cn1. The Morgan fingerprint density at radius 1 is 1.19 bits per heavy atom. The molecule has 1 aliphatic rings. The van der Waals surface area contributed by atoms with Crippen LogP contribution in [0.5, 0.6) is 5.88 Å². The van der Waals surface area contributed by atoms with Crippen molar-refractivity contribution in [1.82, 2.24) is 20.4 Å². The van der Waals surface area contributed by atoms with Gasteiger partial charge in [0.05, 0.1) is 31.4 Å². The summed E-state index contributed by atoms with van der Waals surface area (Å²) in [6.45, 7) is 1.90. The molecule has 1 unspecified atom stereocenters. The molecule has 0 bridgehead atoms. The number of rotatable bonds is 3. The van der Waals surface area contributed by atoms with Crippen LogP contribution in [0, 0.1) is 0 Å². The fraction of sp³-hybridized carbons (Fsp3) is 0.231. The van der Waals surface area contributed by atoms with Gasteiger partial charge >= 0.3 is 0 Å². The summed E-state index contributed by atoms with van der Waals surface area (Å²) in [5.74, 6) is 1.37. The third kappa shape index (κ3) is 2.59. The van der Waals surface area contributed by atoms with Crippen LogP contribution in [0.4, 0.5) is 5.69 Å². The van der Waals surface area contributed by atoms with Gasteiger partial charge in [0.1, 0.15) is 16.7 Å². The number of aromatic nitrogens is 3. The smallest absolute Gasteiger partial charge is 0.213 e. The van der Waals surface area contributed by atoms with Gasteiger partial charge in [0.15, 0.2) is 6.17 Å². The lowest BCUT2D eigenvalue weighted by Gasteiger charge is -2.25. The van der Waals surface area contributed by atoms with Gasteiger partial charge in [-0.1, -0.05) is 11.6 Å². The Kier molecular flexibility index (Phi) is 3.57. The van der Waals surface area contributed by atoms with E-state index in [1.807, 2.05) is 17.9 Å². The second kappa shape index (κ2) is 5.53. The number of methoxy groups -OCH3 is 1. The van der Waals surface area contributed by atoms with E-state index in [2.05, 4.69) is 25.5 Å². The molecule has 108 valence electrons. The quantitative estimate of drug-likeness (QED) is 0.934. The van der Waals surface area contributed by atoms with Crippen molar-refractivity contribution in [2.75, 3.05) is 12.0 Å². The summed E-state index contributed by atoms with van der Waals surface area (Å²) in [6.07, 6.45) is 4.61. The fourth-order valence-electron chi connectivity index (χ4n) is 2.09. The number of hydrogen-bond donors (Lipinski definition) is 1. The number of anilines is 1. The Balaban J connectivity index is 1.93. The molecule has 0 saturated carbocycles. The topological polar surface area (TPSA) is 75.5 Å². The maximum absolute atomic E-state index is 5.77. The van der Waals surface area contributed by atoms with Crippen LogP contribution in [-0.4, -0.2) is 27.9 Å². The minimum atomic E-state index is -0.245. The van der Waals surface area contributed by atoms with E-state index in [1.54, 1.807) is 25.6 Å². The highest BCUT2D eigenvalue weighted by Gasteiger charge is 2.29. The van der Waals surface area contributed by atoms with Gasteiger partial charge < -0.3 is 4.74 Å². The van der Waals surface area contributed by atoms with Gasteiger partial charge in [-0.15, -0.1) is 0 Å². The molecule has 0 amide bonds. The van der Waals surface area contributed by atoms with Crippen molar-refractivity contribution in [1.29, 1.82) is 0 Å². The van der Waals surface area contributed by atoms with Gasteiger partial charge in [-0.3, -0.25) is 15.3 Å². The molecule has 1 atom stereocenters. The van der Waals surface area contributed by atoms with Gasteiger partial charge in [-0.25, -0.2) is 9.97 Å². The molecule has 1 N–H and O–H groups in total. The summed E-state index contributed by atoms with van der Waals surface area (Å²) < 4.78 is 5.07. The zero-order chi connectivity index (χ0) is 14.8. The van der Waals surface area contributed by atoms with Crippen LogP contribution in [0.3, 0.4) is 0 Å². The molecule has 0 aromatic carbocycles. The normalized spacial score (nSPS) is 17.4. The van der Waals surface area contributed by atoms with Crippen molar-refractivity contribution in [3.8, 4) is 5.88 Å². The third-order valence-electron chi connectivity index (χ3n) is 3.08. The van der Waals surface area contributed by atoms with E-state index in [9.17, 15) is 0 Å². The van der Waals surface area contributed by atoms with Crippen molar-refractivity contribution >= 4 is 23.1 Å². The summed E-state index contributed by atoms with van der Waals surface area (Å²) >= 11 is 5.77. The predicted octanol–water partition coefficient (Wildman–Crippen LogP) is 1.98. The van der Waals surface area contributed by atoms with E-state index in [1.165, 1.54) is 6.20 Å². The molecule has 7 nitrogen and oxygen atoms in total. The van der Waals surface area contributed by atoms with Crippen LogP contribution in [0.25, 0.3) is 0 Å². The van der Waals surface area contributed by atoms with E-state index in [0.717, 1.165) is 17.2 Å². The average molecular weight is 305 g/mol. The van der Waals surface area contributed by atoms with Gasteiger partial charge in [0.25, 0.3) is 0 Å². The number of ether oxygens (including phenoxy) is 1. The van der Waals surface area contributed by atoms with Crippen LogP contribution in [0.15, 0.2) is 35.8 Å². The van der Waals surface area contributed by atoms with E-state index in [-0.39, 0.29) is 6.17 Å². The van der Waals surface area contributed by atoms with Crippen molar-refractivity contribution in [3.05, 3.63) is 41.6 Å². The van der Waals surface area contributed by atoms with E-state index < -0.39 is 0 Å². The predicted molar refractivity (Wildman–Crippen MR) is 79.3 cm³/mol. The highest BCUT2D eigenvalue weighted by molar-refractivity contribution is 6.29. The highest BCUT2D eigenvalue weighted by Crippen LogP contribution is 2.28. The van der Waals surface area contributed by atoms with E-state index in [0.29, 0.717) is 11.0 Å². The number of nitrogens with one attached hydrogen (secondary N) is 1. The maximum Gasteiger partial charge on any atom is 0.213 e. The van der Waals surface area contributed by atoms with E-state index >= 15 is 0 Å². The van der Waals surface area contributed by atoms with Crippen molar-refractivity contribution in [2.24, 2.45) is 5.10 Å². The van der Waals surface area contributed by atoms with Crippen LogP contribution in [-0.2, 0) is 0 Å². The summed E-state index contributed by atoms with van der Waals surface area (Å²) in [6, 6.07) is 3.71. The molecule has 0 saturated heterocycles. The van der Waals surface area contributed by atoms with Crippen LogP contribution < -0.4 is 15.1 Å². The highest BCUT2D eigenvalue weighted by atomic mass is 35.5. The number of pyridine rings is 1. The molecule has 8 heteroatoms. The van der Waals surface area contributed by atoms with Crippen molar-refractivity contribution < 1.29 is 4.74 Å². The standard InChI is InChI=1S/C13H13ClN6O/c1-8-18-19-13(10-6-16-11(14)7-15-10)20(8)9-3-4-12(21-2)17-5-9/h3-7,13,19H,1-2H3. The molecule has 2 aromatic heterocycles. The number of halogens is 1. The first-order valence-electron chi connectivity index (χ1n) is 6.25. The van der Waals surface area contributed by atoms with Gasteiger partial charge in [0, 0.05) is 6.07 Å². The van der Waals surface area contributed by atoms with Crippen molar-refractivity contribution in [2.45, 2.75) is 13.1 Å². The fourth-order valence-corrected chi connectivity index (χ4v) is 2.18. The minimum Gasteiger partial charge on any atom is -0.481 e. The monoisotopic (exact) mass is 304 g/mol. The third-order valence-corrected chi connectivity index (χ3v) is 3.28. The van der Waals surface area contributed by atoms with Gasteiger partial charge in [0.2, 0.25) is 5.88 Å². The molecule has 1 aliphatic heterocycles. The van der Waals surface area contributed by atoms with Gasteiger partial charge in [-0.2, -0.15) is 5.10 Å². The summed E-state index contributed by atoms with van der Waals surface area (Å²) in [4.78, 5) is 14.5. The Bertz CT molecular complexity index is 657. The Hall–Kier alpha value is -2.41. The molecule has 3 rings (SSSR count). The number of hydrogen-bond acceptors (Lipinski definition) is 7. The Morgan fingerprint density at radius 2 is 2.05 bits per heavy atom. The first kappa shape index (κ1) is 13.6. The maximum atomic E-state index is 5.77. The molecule has 0 aliphatic carbocycles. The second-order valence-corrected chi connectivity index (χ2v) is 4.77. The van der Waals surface area contributed by atoms with Gasteiger partial charge in [-0.05, 0) is 13.0 Å². The molecular formula is C13H13ClN6O. The first-order valence-corrected chi connectivity index (χ1v) is 6.63. The zero-order valence-electron chi connectivity index (χ0n) is 11.5. The van der Waals surface area contributed by atoms with Crippen LogP contribution >= 0.6 is 11.6 Å².